The number of nitrogens with one attached hydrogen (secondary N) is 2. The van der Waals surface area contributed by atoms with Crippen LogP contribution in [-0.2, 0) is 19.5 Å². The molecule has 2 rings (SSSR count). The smallest absolute Gasteiger partial charge is 0.191 e. The predicted molar refractivity (Wildman–Crippen MR) is 93.7 cm³/mol. The van der Waals surface area contributed by atoms with E-state index >= 15 is 0 Å². The Balaban J connectivity index is 1.90. The molecule has 0 saturated heterocycles. The Hall–Kier alpha value is -2.08. The standard InChI is InChI=1S/C16H23ClN6/c1-3-15-22-21-12-23(15)10-9-19-16(18-4-2)20-11-13-7-5-6-8-14(13)17/h5-8,12H,3-4,9-11H2,1-2H3,(H2,18,19,20). The molecule has 2 aromatic rings. The summed E-state index contributed by atoms with van der Waals surface area (Å²) >= 11 is 6.16. The van der Waals surface area contributed by atoms with Gasteiger partial charge in [0, 0.05) is 31.1 Å². The van der Waals surface area contributed by atoms with Crippen LogP contribution in [0.3, 0.4) is 0 Å². The molecule has 124 valence electrons. The van der Waals surface area contributed by atoms with Crippen LogP contribution in [0, 0.1) is 0 Å². The van der Waals surface area contributed by atoms with Crippen LogP contribution in [0.4, 0.5) is 0 Å². The number of hydrogen-bond acceptors (Lipinski definition) is 3. The van der Waals surface area contributed by atoms with E-state index in [1.165, 1.54) is 0 Å². The molecule has 1 aromatic carbocycles. The number of nitrogens with zero attached hydrogens (tertiary/aromatic N) is 4. The summed E-state index contributed by atoms with van der Waals surface area (Å²) in [5, 5.41) is 15.3. The molecule has 0 aliphatic carbocycles. The molecule has 0 spiro atoms. The van der Waals surface area contributed by atoms with Crippen molar-refractivity contribution in [1.82, 2.24) is 25.4 Å². The zero-order valence-corrected chi connectivity index (χ0v) is 14.3. The lowest BCUT2D eigenvalue weighted by molar-refractivity contribution is 0.632. The zero-order chi connectivity index (χ0) is 16.5. The van der Waals surface area contributed by atoms with E-state index < -0.39 is 0 Å². The average Bonchev–Trinajstić information content (AvgIpc) is 3.01. The van der Waals surface area contributed by atoms with Crippen LogP contribution in [-0.4, -0.2) is 33.8 Å². The Morgan fingerprint density at radius 3 is 2.83 bits per heavy atom. The molecule has 0 saturated carbocycles. The SMILES string of the molecule is CCNC(=NCc1ccccc1Cl)NCCn1cnnc1CC. The van der Waals surface area contributed by atoms with Gasteiger partial charge in [0.25, 0.3) is 0 Å². The quantitative estimate of drug-likeness (QED) is 0.602. The van der Waals surface area contributed by atoms with Gasteiger partial charge in [0.05, 0.1) is 6.54 Å². The second-order valence-corrected chi connectivity index (χ2v) is 5.41. The Morgan fingerprint density at radius 2 is 2.09 bits per heavy atom. The molecule has 0 fully saturated rings. The lowest BCUT2D eigenvalue weighted by atomic mass is 10.2. The van der Waals surface area contributed by atoms with Gasteiger partial charge in [0.1, 0.15) is 12.2 Å². The molecular formula is C16H23ClN6. The Morgan fingerprint density at radius 1 is 1.26 bits per heavy atom. The van der Waals surface area contributed by atoms with Gasteiger partial charge in [-0.15, -0.1) is 10.2 Å². The summed E-state index contributed by atoms with van der Waals surface area (Å²) in [5.74, 6) is 1.77. The number of halogens is 1. The van der Waals surface area contributed by atoms with Gasteiger partial charge in [0.15, 0.2) is 5.96 Å². The van der Waals surface area contributed by atoms with Crippen molar-refractivity contribution in [1.29, 1.82) is 0 Å². The van der Waals surface area contributed by atoms with Gasteiger partial charge in [0.2, 0.25) is 0 Å². The largest absolute Gasteiger partial charge is 0.357 e. The Bertz CT molecular complexity index is 637. The fraction of sp³-hybridized carbons (Fsp3) is 0.438. The minimum atomic E-state index is 0.543. The van der Waals surface area contributed by atoms with Crippen molar-refractivity contribution in [2.75, 3.05) is 13.1 Å². The van der Waals surface area contributed by atoms with Crippen molar-refractivity contribution in [2.24, 2.45) is 4.99 Å². The number of hydrogen-bond donors (Lipinski definition) is 2. The number of aliphatic imine (C=N–C) groups is 1. The van der Waals surface area contributed by atoms with Crippen molar-refractivity contribution in [2.45, 2.75) is 33.4 Å². The van der Waals surface area contributed by atoms with Crippen molar-refractivity contribution in [3.63, 3.8) is 0 Å². The van der Waals surface area contributed by atoms with Crippen LogP contribution in [0.15, 0.2) is 35.6 Å². The number of guanidine groups is 1. The molecule has 1 aromatic heterocycles. The van der Waals surface area contributed by atoms with Crippen molar-refractivity contribution in [3.05, 3.63) is 47.0 Å². The van der Waals surface area contributed by atoms with Crippen LogP contribution in [0.1, 0.15) is 25.2 Å². The summed E-state index contributed by atoms with van der Waals surface area (Å²) in [6.07, 6.45) is 2.63. The van der Waals surface area contributed by atoms with E-state index in [1.54, 1.807) is 6.33 Å². The molecule has 0 bridgehead atoms. The first-order valence-electron chi connectivity index (χ1n) is 7.86. The minimum Gasteiger partial charge on any atom is -0.357 e. The van der Waals surface area contributed by atoms with E-state index in [0.29, 0.717) is 6.54 Å². The normalized spacial score (nSPS) is 11.5. The first kappa shape index (κ1) is 17.3. The molecule has 0 atom stereocenters. The fourth-order valence-electron chi connectivity index (χ4n) is 2.17. The van der Waals surface area contributed by atoms with E-state index in [2.05, 4.69) is 32.7 Å². The van der Waals surface area contributed by atoms with Crippen molar-refractivity contribution >= 4 is 17.6 Å². The van der Waals surface area contributed by atoms with Crippen molar-refractivity contribution < 1.29 is 0 Å². The average molecular weight is 335 g/mol. The lowest BCUT2D eigenvalue weighted by Crippen LogP contribution is -2.38. The van der Waals surface area contributed by atoms with Crippen LogP contribution < -0.4 is 10.6 Å². The number of rotatable bonds is 7. The first-order valence-corrected chi connectivity index (χ1v) is 8.24. The molecule has 2 N–H and O–H groups in total. The highest BCUT2D eigenvalue weighted by molar-refractivity contribution is 6.31. The lowest BCUT2D eigenvalue weighted by Gasteiger charge is -2.12. The summed E-state index contributed by atoms with van der Waals surface area (Å²) in [4.78, 5) is 4.58. The third kappa shape index (κ3) is 5.25. The van der Waals surface area contributed by atoms with Crippen molar-refractivity contribution in [3.8, 4) is 0 Å². The van der Waals surface area contributed by atoms with Crippen LogP contribution in [0.5, 0.6) is 0 Å². The van der Waals surface area contributed by atoms with Gasteiger partial charge in [-0.2, -0.15) is 0 Å². The molecule has 23 heavy (non-hydrogen) atoms. The van der Waals surface area contributed by atoms with E-state index in [1.807, 2.05) is 35.8 Å². The fourth-order valence-corrected chi connectivity index (χ4v) is 2.36. The second-order valence-electron chi connectivity index (χ2n) is 5.01. The predicted octanol–water partition coefficient (Wildman–Crippen LogP) is 2.25. The van der Waals surface area contributed by atoms with Crippen LogP contribution in [0.25, 0.3) is 0 Å². The number of aromatic nitrogens is 3. The van der Waals surface area contributed by atoms with Gasteiger partial charge in [-0.25, -0.2) is 4.99 Å². The van der Waals surface area contributed by atoms with Crippen LogP contribution >= 0.6 is 11.6 Å². The molecule has 0 unspecified atom stereocenters. The summed E-state index contributed by atoms with van der Waals surface area (Å²) in [7, 11) is 0. The van der Waals surface area contributed by atoms with E-state index in [9.17, 15) is 0 Å². The van der Waals surface area contributed by atoms with Gasteiger partial charge < -0.3 is 15.2 Å². The monoisotopic (exact) mass is 334 g/mol. The third-order valence-electron chi connectivity index (χ3n) is 3.37. The molecule has 0 aliphatic heterocycles. The van der Waals surface area contributed by atoms with E-state index in [4.69, 9.17) is 11.6 Å². The maximum atomic E-state index is 6.16. The maximum Gasteiger partial charge on any atom is 0.191 e. The number of benzene rings is 1. The topological polar surface area (TPSA) is 67.1 Å². The molecule has 6 nitrogen and oxygen atoms in total. The van der Waals surface area contributed by atoms with Crippen LogP contribution in [0.2, 0.25) is 5.02 Å². The zero-order valence-electron chi connectivity index (χ0n) is 13.6. The molecule has 1 heterocycles. The summed E-state index contributed by atoms with van der Waals surface area (Å²) in [6, 6.07) is 7.75. The first-order chi connectivity index (χ1) is 11.2. The molecule has 0 amide bonds. The van der Waals surface area contributed by atoms with Gasteiger partial charge in [-0.1, -0.05) is 36.7 Å². The Kier molecular flexibility index (Phi) is 6.87. The molecular weight excluding hydrogens is 312 g/mol. The second kappa shape index (κ2) is 9.15. The molecule has 0 radical (unpaired) electrons. The molecule has 7 heteroatoms. The van der Waals surface area contributed by atoms with Gasteiger partial charge in [-0.3, -0.25) is 0 Å². The maximum absolute atomic E-state index is 6.16. The summed E-state index contributed by atoms with van der Waals surface area (Å²) < 4.78 is 2.05. The van der Waals surface area contributed by atoms with Gasteiger partial charge in [-0.05, 0) is 18.6 Å². The van der Waals surface area contributed by atoms with Gasteiger partial charge >= 0.3 is 0 Å². The highest BCUT2D eigenvalue weighted by atomic mass is 35.5. The summed E-state index contributed by atoms with van der Waals surface area (Å²) in [6.45, 7) is 7.01. The third-order valence-corrected chi connectivity index (χ3v) is 3.74. The number of aryl methyl sites for hydroxylation is 1. The molecule has 0 aliphatic rings. The summed E-state index contributed by atoms with van der Waals surface area (Å²) in [5.41, 5.74) is 1.01. The highest BCUT2D eigenvalue weighted by Crippen LogP contribution is 2.15. The van der Waals surface area contributed by atoms with E-state index in [0.717, 1.165) is 48.4 Å². The minimum absolute atomic E-state index is 0.543. The van der Waals surface area contributed by atoms with E-state index in [-0.39, 0.29) is 0 Å². The highest BCUT2D eigenvalue weighted by Gasteiger charge is 2.03. The Labute approximate surface area is 142 Å².